The molecule has 0 unspecified atom stereocenters. The van der Waals surface area contributed by atoms with E-state index in [1.54, 1.807) is 0 Å². The largest absolute Gasteiger partial charge is 0.490 e. The zero-order chi connectivity index (χ0) is 21.2. The number of hydrogen-bond acceptors (Lipinski definition) is 5. The average Bonchev–Trinajstić information content (AvgIpc) is 2.72. The van der Waals surface area contributed by atoms with Gasteiger partial charge in [-0.3, -0.25) is 4.79 Å². The predicted octanol–water partition coefficient (Wildman–Crippen LogP) is 4.56. The van der Waals surface area contributed by atoms with Crippen LogP contribution in [0.4, 0.5) is 0 Å². The van der Waals surface area contributed by atoms with Crippen molar-refractivity contribution in [3.05, 3.63) is 58.6 Å². The number of halogens is 1. The van der Waals surface area contributed by atoms with E-state index in [1.807, 2.05) is 51.1 Å². The molecule has 29 heavy (non-hydrogen) atoms. The van der Waals surface area contributed by atoms with Crippen molar-refractivity contribution < 1.29 is 23.8 Å². The van der Waals surface area contributed by atoms with Crippen LogP contribution < -0.4 is 14.8 Å². The summed E-state index contributed by atoms with van der Waals surface area (Å²) in [4.78, 5) is 24.5. The van der Waals surface area contributed by atoms with Crippen molar-refractivity contribution in [1.29, 1.82) is 0 Å². The van der Waals surface area contributed by atoms with Crippen molar-refractivity contribution in [2.75, 3.05) is 19.8 Å². The molecule has 2 aromatic rings. The van der Waals surface area contributed by atoms with Crippen molar-refractivity contribution in [3.8, 4) is 11.5 Å². The molecule has 2 aromatic carbocycles. The van der Waals surface area contributed by atoms with Crippen LogP contribution in [0.3, 0.4) is 0 Å². The molecule has 1 N–H and O–H groups in total. The molecular weight excluding hydrogens is 394 g/mol. The second kappa shape index (κ2) is 11.3. The van der Waals surface area contributed by atoms with Crippen LogP contribution in [0.15, 0.2) is 42.5 Å². The SMILES string of the molecule is CCCOc1c(Cl)cc(C(=O)OCC(=O)N[C@@H](C)c2ccccc2)cc1OCC. The lowest BCUT2D eigenvalue weighted by Crippen LogP contribution is -2.31. The fraction of sp³-hybridized carbons (Fsp3) is 0.364. The molecule has 0 spiro atoms. The Labute approximate surface area is 176 Å². The summed E-state index contributed by atoms with van der Waals surface area (Å²) in [5, 5.41) is 3.04. The zero-order valence-electron chi connectivity index (χ0n) is 16.9. The maximum absolute atomic E-state index is 12.4. The number of carbonyl (C=O) groups excluding carboxylic acids is 2. The maximum atomic E-state index is 12.4. The first-order valence-electron chi connectivity index (χ1n) is 9.56. The maximum Gasteiger partial charge on any atom is 0.338 e. The number of rotatable bonds is 10. The third kappa shape index (κ3) is 6.68. The molecule has 0 aromatic heterocycles. The van der Waals surface area contributed by atoms with Crippen molar-refractivity contribution in [2.24, 2.45) is 0 Å². The van der Waals surface area contributed by atoms with Crippen molar-refractivity contribution in [2.45, 2.75) is 33.2 Å². The van der Waals surface area contributed by atoms with Gasteiger partial charge in [-0.1, -0.05) is 48.9 Å². The number of hydrogen-bond donors (Lipinski definition) is 1. The summed E-state index contributed by atoms with van der Waals surface area (Å²) in [6.45, 7) is 6.12. The van der Waals surface area contributed by atoms with Crippen LogP contribution in [0.1, 0.15) is 49.2 Å². The molecule has 0 saturated heterocycles. The molecule has 156 valence electrons. The molecule has 0 bridgehead atoms. The van der Waals surface area contributed by atoms with Crippen LogP contribution >= 0.6 is 11.6 Å². The number of esters is 1. The van der Waals surface area contributed by atoms with Gasteiger partial charge in [-0.05, 0) is 38.0 Å². The molecule has 0 fully saturated rings. The zero-order valence-corrected chi connectivity index (χ0v) is 17.6. The fourth-order valence-corrected chi connectivity index (χ4v) is 2.88. The Morgan fingerprint density at radius 1 is 1.10 bits per heavy atom. The van der Waals surface area contributed by atoms with Gasteiger partial charge in [-0.15, -0.1) is 0 Å². The summed E-state index contributed by atoms with van der Waals surface area (Å²) in [6, 6.07) is 12.3. The quantitative estimate of drug-likeness (QED) is 0.571. The Bertz CT molecular complexity index is 825. The molecule has 0 heterocycles. The van der Waals surface area contributed by atoms with Gasteiger partial charge in [0.2, 0.25) is 0 Å². The number of benzene rings is 2. The first-order valence-corrected chi connectivity index (χ1v) is 9.94. The highest BCUT2D eigenvalue weighted by Crippen LogP contribution is 2.37. The van der Waals surface area contributed by atoms with Crippen molar-refractivity contribution in [1.82, 2.24) is 5.32 Å². The Balaban J connectivity index is 1.99. The van der Waals surface area contributed by atoms with Crippen molar-refractivity contribution >= 4 is 23.5 Å². The van der Waals surface area contributed by atoms with Gasteiger partial charge in [0.25, 0.3) is 5.91 Å². The van der Waals surface area contributed by atoms with E-state index in [4.69, 9.17) is 25.8 Å². The first kappa shape index (κ1) is 22.6. The summed E-state index contributed by atoms with van der Waals surface area (Å²) in [6.07, 6.45) is 0.808. The Hall–Kier alpha value is -2.73. The minimum Gasteiger partial charge on any atom is -0.490 e. The minimum atomic E-state index is -0.669. The molecular formula is C22H26ClNO5. The van der Waals surface area contributed by atoms with E-state index >= 15 is 0 Å². The molecule has 0 aliphatic carbocycles. The third-order valence-electron chi connectivity index (χ3n) is 4.01. The van der Waals surface area contributed by atoms with Crippen LogP contribution in [0.2, 0.25) is 5.02 Å². The van der Waals surface area contributed by atoms with Crippen LogP contribution in [0.25, 0.3) is 0 Å². The normalized spacial score (nSPS) is 11.4. The summed E-state index contributed by atoms with van der Waals surface area (Å²) in [5.74, 6) is -0.310. The van der Waals surface area contributed by atoms with Gasteiger partial charge in [0.05, 0.1) is 29.8 Å². The van der Waals surface area contributed by atoms with E-state index in [9.17, 15) is 9.59 Å². The molecule has 0 aliphatic rings. The standard InChI is InChI=1S/C22H26ClNO5/c1-4-11-28-21-18(23)12-17(13-19(21)27-5-2)22(26)29-14-20(25)24-15(3)16-9-7-6-8-10-16/h6-10,12-13,15H,4-5,11,14H2,1-3H3,(H,24,25)/t15-/m0/s1. The molecule has 6 nitrogen and oxygen atoms in total. The molecule has 1 atom stereocenters. The lowest BCUT2D eigenvalue weighted by Gasteiger charge is -2.15. The smallest absolute Gasteiger partial charge is 0.338 e. The number of ether oxygens (including phenoxy) is 3. The van der Waals surface area contributed by atoms with E-state index < -0.39 is 18.5 Å². The first-order chi connectivity index (χ1) is 14.0. The second-order valence-electron chi connectivity index (χ2n) is 6.34. The summed E-state index contributed by atoms with van der Waals surface area (Å²) in [5.41, 5.74) is 1.15. The fourth-order valence-electron chi connectivity index (χ4n) is 2.62. The molecule has 2 rings (SSSR count). The van der Waals surface area contributed by atoms with Crippen LogP contribution in [0, 0.1) is 0 Å². The lowest BCUT2D eigenvalue weighted by atomic mass is 10.1. The average molecular weight is 420 g/mol. The summed E-state index contributed by atoms with van der Waals surface area (Å²) < 4.78 is 16.3. The number of carbonyl (C=O) groups is 2. The Morgan fingerprint density at radius 2 is 1.83 bits per heavy atom. The molecule has 0 aliphatic heterocycles. The Morgan fingerprint density at radius 3 is 2.48 bits per heavy atom. The van der Waals surface area contributed by atoms with Gasteiger partial charge in [0.15, 0.2) is 18.1 Å². The van der Waals surface area contributed by atoms with Gasteiger partial charge in [-0.2, -0.15) is 0 Å². The van der Waals surface area contributed by atoms with Crippen LogP contribution in [-0.4, -0.2) is 31.7 Å². The lowest BCUT2D eigenvalue weighted by molar-refractivity contribution is -0.124. The molecule has 0 radical (unpaired) electrons. The van der Waals surface area contributed by atoms with E-state index in [2.05, 4.69) is 5.32 Å². The predicted molar refractivity (Wildman–Crippen MR) is 112 cm³/mol. The van der Waals surface area contributed by atoms with Gasteiger partial charge >= 0.3 is 5.97 Å². The van der Waals surface area contributed by atoms with Crippen LogP contribution in [0.5, 0.6) is 11.5 Å². The van der Waals surface area contributed by atoms with E-state index in [0.717, 1.165) is 12.0 Å². The highest BCUT2D eigenvalue weighted by molar-refractivity contribution is 6.32. The van der Waals surface area contributed by atoms with Crippen molar-refractivity contribution in [3.63, 3.8) is 0 Å². The van der Waals surface area contributed by atoms with Gasteiger partial charge in [-0.25, -0.2) is 4.79 Å². The van der Waals surface area contributed by atoms with E-state index in [-0.39, 0.29) is 16.6 Å². The molecule has 1 amide bonds. The highest BCUT2D eigenvalue weighted by atomic mass is 35.5. The monoisotopic (exact) mass is 419 g/mol. The second-order valence-corrected chi connectivity index (χ2v) is 6.75. The van der Waals surface area contributed by atoms with Gasteiger partial charge in [0.1, 0.15) is 0 Å². The minimum absolute atomic E-state index is 0.186. The van der Waals surface area contributed by atoms with E-state index in [1.165, 1.54) is 12.1 Å². The summed E-state index contributed by atoms with van der Waals surface area (Å²) >= 11 is 6.26. The molecule has 7 heteroatoms. The number of nitrogens with one attached hydrogen (secondary N) is 1. The number of amides is 1. The highest BCUT2D eigenvalue weighted by Gasteiger charge is 2.18. The van der Waals surface area contributed by atoms with Crippen LogP contribution in [-0.2, 0) is 9.53 Å². The molecule has 0 saturated carbocycles. The Kier molecular flexibility index (Phi) is 8.80. The van der Waals surface area contributed by atoms with E-state index in [0.29, 0.717) is 24.7 Å². The van der Waals surface area contributed by atoms with Gasteiger partial charge < -0.3 is 19.5 Å². The third-order valence-corrected chi connectivity index (χ3v) is 4.29. The van der Waals surface area contributed by atoms with Gasteiger partial charge in [0, 0.05) is 0 Å². The summed E-state index contributed by atoms with van der Waals surface area (Å²) in [7, 11) is 0. The topological polar surface area (TPSA) is 73.9 Å².